The number of nitrogens with zero attached hydrogens (tertiary/aromatic N) is 3. The lowest BCUT2D eigenvalue weighted by molar-refractivity contribution is -0.830. The van der Waals surface area contributed by atoms with Gasteiger partial charge in [-0.05, 0) is 31.5 Å². The van der Waals surface area contributed by atoms with E-state index in [2.05, 4.69) is 48.1 Å². The third-order valence-corrected chi connectivity index (χ3v) is 4.61. The predicted octanol–water partition coefficient (Wildman–Crippen LogP) is 3.73. The summed E-state index contributed by atoms with van der Waals surface area (Å²) in [6, 6.07) is 18.3. The summed E-state index contributed by atoms with van der Waals surface area (Å²) in [5.74, 6) is 0.630. The molecule has 4 aromatic rings. The standard InChI is InChI=1S/C22H20N4O/c1-14-8-10-16(12-20(14)26-27-3)21-15(2)9-11-19(24-21)22-23-13-17-6-4-5-7-18(17)25-22/h4-13,26H,1-3H3/p+1. The van der Waals surface area contributed by atoms with E-state index in [0.29, 0.717) is 5.82 Å². The molecule has 0 fully saturated rings. The molecule has 0 aliphatic rings. The number of aryl methyl sites for hydroxylation is 2. The first-order valence-electron chi connectivity index (χ1n) is 8.82. The van der Waals surface area contributed by atoms with Crippen LogP contribution >= 0.6 is 0 Å². The second-order valence-electron chi connectivity index (χ2n) is 6.54. The summed E-state index contributed by atoms with van der Waals surface area (Å²) in [6.45, 7) is 4.13. The molecule has 2 aromatic heterocycles. The zero-order chi connectivity index (χ0) is 18.8. The van der Waals surface area contributed by atoms with Crippen LogP contribution < -0.4 is 5.48 Å². The number of nitrogens with two attached hydrogens (primary N) is 1. The highest BCUT2D eigenvalue weighted by Crippen LogP contribution is 2.27. The van der Waals surface area contributed by atoms with Crippen molar-refractivity contribution in [1.29, 1.82) is 0 Å². The Balaban J connectivity index is 1.80. The van der Waals surface area contributed by atoms with Crippen molar-refractivity contribution in [2.45, 2.75) is 13.8 Å². The maximum atomic E-state index is 5.20. The molecule has 0 atom stereocenters. The Morgan fingerprint density at radius 2 is 1.70 bits per heavy atom. The second-order valence-corrected chi connectivity index (χ2v) is 6.54. The minimum absolute atomic E-state index is 0.630. The molecule has 2 heterocycles. The maximum Gasteiger partial charge on any atom is 0.178 e. The highest BCUT2D eigenvalue weighted by atomic mass is 16.6. The number of rotatable bonds is 4. The van der Waals surface area contributed by atoms with E-state index in [9.17, 15) is 0 Å². The fourth-order valence-electron chi connectivity index (χ4n) is 3.08. The van der Waals surface area contributed by atoms with Crippen LogP contribution in [0, 0.1) is 13.8 Å². The molecule has 5 heteroatoms. The normalized spacial score (nSPS) is 11.1. The van der Waals surface area contributed by atoms with Crippen molar-refractivity contribution < 1.29 is 10.3 Å². The largest absolute Gasteiger partial charge is 0.244 e. The van der Waals surface area contributed by atoms with E-state index < -0.39 is 0 Å². The molecular formula is C22H21N4O+. The lowest BCUT2D eigenvalue weighted by Gasteiger charge is -2.10. The van der Waals surface area contributed by atoms with Gasteiger partial charge in [0, 0.05) is 28.8 Å². The predicted molar refractivity (Wildman–Crippen MR) is 106 cm³/mol. The Hall–Kier alpha value is -3.15. The molecule has 0 aliphatic carbocycles. The van der Waals surface area contributed by atoms with Crippen LogP contribution in [-0.2, 0) is 4.84 Å². The van der Waals surface area contributed by atoms with Gasteiger partial charge in [-0.1, -0.05) is 36.4 Å². The van der Waals surface area contributed by atoms with E-state index in [1.54, 1.807) is 12.6 Å². The number of hydrogen-bond acceptors (Lipinski definition) is 4. The number of aromatic nitrogens is 3. The van der Waals surface area contributed by atoms with Crippen LogP contribution in [0.2, 0.25) is 0 Å². The van der Waals surface area contributed by atoms with Gasteiger partial charge in [-0.15, -0.1) is 0 Å². The van der Waals surface area contributed by atoms with Gasteiger partial charge in [-0.3, -0.25) is 0 Å². The van der Waals surface area contributed by atoms with Gasteiger partial charge in [0.1, 0.15) is 5.69 Å². The number of para-hydroxylation sites is 1. The molecule has 0 radical (unpaired) electrons. The first-order valence-corrected chi connectivity index (χ1v) is 8.82. The van der Waals surface area contributed by atoms with Gasteiger partial charge in [0.05, 0.1) is 18.3 Å². The molecule has 0 spiro atoms. The molecular weight excluding hydrogens is 336 g/mol. The maximum absolute atomic E-state index is 5.20. The van der Waals surface area contributed by atoms with E-state index in [0.717, 1.165) is 44.7 Å². The van der Waals surface area contributed by atoms with Crippen molar-refractivity contribution in [3.8, 4) is 22.8 Å². The van der Waals surface area contributed by atoms with Crippen LogP contribution in [0.15, 0.2) is 60.8 Å². The molecule has 0 aliphatic heterocycles. The van der Waals surface area contributed by atoms with E-state index in [1.807, 2.05) is 36.5 Å². The van der Waals surface area contributed by atoms with Crippen LogP contribution in [-0.4, -0.2) is 22.1 Å². The third-order valence-electron chi connectivity index (χ3n) is 4.61. The molecule has 0 amide bonds. The van der Waals surface area contributed by atoms with E-state index in [1.165, 1.54) is 0 Å². The van der Waals surface area contributed by atoms with Gasteiger partial charge >= 0.3 is 0 Å². The van der Waals surface area contributed by atoms with Gasteiger partial charge in [-0.25, -0.2) is 19.8 Å². The topological polar surface area (TPSA) is 64.5 Å². The summed E-state index contributed by atoms with van der Waals surface area (Å²) in [5.41, 5.74) is 8.71. The minimum atomic E-state index is 0.630. The lowest BCUT2D eigenvalue weighted by Crippen LogP contribution is -2.76. The highest BCUT2D eigenvalue weighted by molar-refractivity contribution is 5.79. The zero-order valence-electron chi connectivity index (χ0n) is 15.6. The monoisotopic (exact) mass is 357 g/mol. The Morgan fingerprint density at radius 1 is 0.889 bits per heavy atom. The lowest BCUT2D eigenvalue weighted by atomic mass is 10.0. The van der Waals surface area contributed by atoms with Crippen LogP contribution in [0.1, 0.15) is 11.1 Å². The average Bonchev–Trinajstić information content (AvgIpc) is 2.70. The van der Waals surface area contributed by atoms with Crippen LogP contribution in [0.5, 0.6) is 0 Å². The number of benzene rings is 2. The van der Waals surface area contributed by atoms with Gasteiger partial charge < -0.3 is 0 Å². The third kappa shape index (κ3) is 3.43. The van der Waals surface area contributed by atoms with Crippen molar-refractivity contribution in [2.24, 2.45) is 0 Å². The van der Waals surface area contributed by atoms with E-state index >= 15 is 0 Å². The number of hydrogen-bond donors (Lipinski definition) is 1. The van der Waals surface area contributed by atoms with E-state index in [4.69, 9.17) is 9.82 Å². The summed E-state index contributed by atoms with van der Waals surface area (Å²) in [6.07, 6.45) is 1.84. The summed E-state index contributed by atoms with van der Waals surface area (Å²) >= 11 is 0. The Labute approximate surface area is 158 Å². The number of quaternary nitrogens is 1. The summed E-state index contributed by atoms with van der Waals surface area (Å²) in [4.78, 5) is 19.2. The number of fused-ring (bicyclic) bond motifs is 1. The molecule has 5 nitrogen and oxygen atoms in total. The second kappa shape index (κ2) is 7.23. The number of pyridine rings is 1. The summed E-state index contributed by atoms with van der Waals surface area (Å²) < 4.78 is 0. The Bertz CT molecular complexity index is 1120. The Kier molecular flexibility index (Phi) is 4.62. The molecule has 0 bridgehead atoms. The van der Waals surface area contributed by atoms with Crippen LogP contribution in [0.25, 0.3) is 33.7 Å². The van der Waals surface area contributed by atoms with Gasteiger partial charge in [0.15, 0.2) is 11.5 Å². The smallest absolute Gasteiger partial charge is 0.178 e. The van der Waals surface area contributed by atoms with Crippen molar-refractivity contribution in [2.75, 3.05) is 7.11 Å². The van der Waals surface area contributed by atoms with Crippen LogP contribution in [0.4, 0.5) is 5.69 Å². The van der Waals surface area contributed by atoms with Crippen molar-refractivity contribution in [1.82, 2.24) is 15.0 Å². The van der Waals surface area contributed by atoms with Gasteiger partial charge in [0.2, 0.25) is 0 Å². The molecule has 2 N–H and O–H groups in total. The molecule has 0 saturated carbocycles. The minimum Gasteiger partial charge on any atom is -0.244 e. The van der Waals surface area contributed by atoms with Gasteiger partial charge in [-0.2, -0.15) is 5.48 Å². The van der Waals surface area contributed by atoms with Gasteiger partial charge in [0.25, 0.3) is 0 Å². The first kappa shape index (κ1) is 17.3. The van der Waals surface area contributed by atoms with E-state index in [-0.39, 0.29) is 0 Å². The average molecular weight is 357 g/mol. The molecule has 0 saturated heterocycles. The van der Waals surface area contributed by atoms with Crippen molar-refractivity contribution >= 4 is 16.6 Å². The van der Waals surface area contributed by atoms with Crippen molar-refractivity contribution in [3.05, 3.63) is 71.9 Å². The van der Waals surface area contributed by atoms with Crippen LogP contribution in [0.3, 0.4) is 0 Å². The van der Waals surface area contributed by atoms with Crippen molar-refractivity contribution in [3.63, 3.8) is 0 Å². The Morgan fingerprint density at radius 3 is 2.56 bits per heavy atom. The highest BCUT2D eigenvalue weighted by Gasteiger charge is 2.12. The summed E-state index contributed by atoms with van der Waals surface area (Å²) in [7, 11) is 1.66. The molecule has 2 aromatic carbocycles. The fraction of sp³-hybridized carbons (Fsp3) is 0.136. The fourth-order valence-corrected chi connectivity index (χ4v) is 3.08. The quantitative estimate of drug-likeness (QED) is 0.446. The molecule has 134 valence electrons. The molecule has 4 rings (SSSR count). The zero-order valence-corrected chi connectivity index (χ0v) is 15.6. The summed E-state index contributed by atoms with van der Waals surface area (Å²) in [5, 5.41) is 1.02. The first-order chi connectivity index (χ1) is 13.2. The molecule has 0 unspecified atom stereocenters. The molecule has 27 heavy (non-hydrogen) atoms. The SMILES string of the molecule is CO[NH2+]c1cc(-c2nc(-c3ncc4ccccc4n3)ccc2C)ccc1C.